The monoisotopic (exact) mass is 352 g/mol. The Balaban J connectivity index is -0.000000266. The van der Waals surface area contributed by atoms with Gasteiger partial charge in [0.15, 0.2) is 0 Å². The highest BCUT2D eigenvalue weighted by atomic mass is 19.4. The van der Waals surface area contributed by atoms with E-state index in [0.29, 0.717) is 6.42 Å². The molecular formula is C17H34F6. The molecule has 2 unspecified atom stereocenters. The maximum absolute atomic E-state index is 11.6. The summed E-state index contributed by atoms with van der Waals surface area (Å²) in [6.07, 6.45) is -4.27. The minimum Gasteiger partial charge on any atom is -0.171 e. The maximum Gasteiger partial charge on any atom is 0.391 e. The van der Waals surface area contributed by atoms with Gasteiger partial charge in [0.1, 0.15) is 0 Å². The fraction of sp³-hybridized carbons (Fsp3) is 1.00. The summed E-state index contributed by atoms with van der Waals surface area (Å²) in [7, 11) is 0. The lowest BCUT2D eigenvalue weighted by Gasteiger charge is -2.13. The third kappa shape index (κ3) is 21.6. The normalized spacial score (nSPS) is 14.3. The summed E-state index contributed by atoms with van der Waals surface area (Å²) in [6, 6.07) is 0. The summed E-state index contributed by atoms with van der Waals surface area (Å²) in [4.78, 5) is 0. The summed E-state index contributed by atoms with van der Waals surface area (Å²) in [5, 5.41) is 0. The van der Waals surface area contributed by atoms with Crippen molar-refractivity contribution in [3.63, 3.8) is 0 Å². The number of rotatable bonds is 5. The summed E-state index contributed by atoms with van der Waals surface area (Å²) in [5.41, 5.74) is 0. The second-order valence-electron chi connectivity index (χ2n) is 6.26. The minimum atomic E-state index is -3.99. The van der Waals surface area contributed by atoms with Crippen molar-refractivity contribution in [3.8, 4) is 0 Å². The van der Waals surface area contributed by atoms with E-state index in [1.54, 1.807) is 6.92 Å². The highest BCUT2D eigenvalue weighted by Crippen LogP contribution is 2.28. The summed E-state index contributed by atoms with van der Waals surface area (Å²) >= 11 is 0. The van der Waals surface area contributed by atoms with Crippen LogP contribution in [0.3, 0.4) is 0 Å². The first kappa shape index (κ1) is 27.4. The zero-order valence-corrected chi connectivity index (χ0v) is 15.5. The average Bonchev–Trinajstić information content (AvgIpc) is 2.37. The lowest BCUT2D eigenvalue weighted by molar-refractivity contribution is -0.171. The number of halogens is 6. The van der Waals surface area contributed by atoms with Gasteiger partial charge in [0.25, 0.3) is 0 Å². The van der Waals surface area contributed by atoms with Crippen LogP contribution in [0, 0.1) is 17.8 Å². The van der Waals surface area contributed by atoms with Crippen molar-refractivity contribution in [3.05, 3.63) is 0 Å². The standard InChI is InChI=1S/C6H11F3.C6H14.C5H9F3/c1-3-4-5(2)6(7,8)9;1-4-5-6(2)3;1-3-4(2)5(6,7)8/h5H,3-4H2,1-2H3;6H,4-5H2,1-3H3;4H,3H2,1-2H3. The molecule has 0 N–H and O–H groups in total. The minimum absolute atomic E-state index is 0.170. The Morgan fingerprint density at radius 2 is 0.957 bits per heavy atom. The van der Waals surface area contributed by atoms with Gasteiger partial charge in [-0.3, -0.25) is 0 Å². The molecule has 0 aliphatic rings. The van der Waals surface area contributed by atoms with Gasteiger partial charge < -0.3 is 0 Å². The molecule has 6 heteroatoms. The van der Waals surface area contributed by atoms with Gasteiger partial charge in [-0.05, 0) is 18.8 Å². The van der Waals surface area contributed by atoms with Gasteiger partial charge in [-0.25, -0.2) is 0 Å². The van der Waals surface area contributed by atoms with E-state index in [9.17, 15) is 26.3 Å². The fourth-order valence-electron chi connectivity index (χ4n) is 1.41. The molecule has 0 aromatic rings. The van der Waals surface area contributed by atoms with Crippen molar-refractivity contribution < 1.29 is 26.3 Å². The second-order valence-corrected chi connectivity index (χ2v) is 6.26. The van der Waals surface area contributed by atoms with Crippen LogP contribution in [0.15, 0.2) is 0 Å². The third-order valence-corrected chi connectivity index (χ3v) is 3.32. The molecule has 0 nitrogen and oxygen atoms in total. The molecule has 0 aliphatic heterocycles. The Bertz CT molecular complexity index is 242. The van der Waals surface area contributed by atoms with Crippen LogP contribution in [-0.2, 0) is 0 Å². The Hall–Kier alpha value is -0.420. The molecule has 23 heavy (non-hydrogen) atoms. The van der Waals surface area contributed by atoms with Crippen molar-refractivity contribution in [2.45, 2.75) is 92.9 Å². The van der Waals surface area contributed by atoms with E-state index in [1.165, 1.54) is 33.6 Å². The molecule has 0 amide bonds. The summed E-state index contributed by atoms with van der Waals surface area (Å²) in [5.74, 6) is -1.39. The van der Waals surface area contributed by atoms with Crippen LogP contribution in [0.2, 0.25) is 0 Å². The zero-order valence-electron chi connectivity index (χ0n) is 15.5. The van der Waals surface area contributed by atoms with Crippen LogP contribution < -0.4 is 0 Å². The van der Waals surface area contributed by atoms with E-state index in [1.807, 2.05) is 0 Å². The van der Waals surface area contributed by atoms with Gasteiger partial charge in [0.2, 0.25) is 0 Å². The van der Waals surface area contributed by atoms with Crippen molar-refractivity contribution >= 4 is 0 Å². The Kier molecular flexibility index (Phi) is 16.7. The molecule has 0 heterocycles. The van der Waals surface area contributed by atoms with E-state index < -0.39 is 24.2 Å². The average molecular weight is 352 g/mol. The fourth-order valence-corrected chi connectivity index (χ4v) is 1.41. The van der Waals surface area contributed by atoms with Gasteiger partial charge in [-0.2, -0.15) is 26.3 Å². The van der Waals surface area contributed by atoms with Crippen LogP contribution in [0.1, 0.15) is 80.6 Å². The predicted molar refractivity (Wildman–Crippen MR) is 85.4 cm³/mol. The second kappa shape index (κ2) is 14.0. The number of hydrogen-bond donors (Lipinski definition) is 0. The van der Waals surface area contributed by atoms with Gasteiger partial charge in [0, 0.05) is 0 Å². The molecule has 144 valence electrons. The predicted octanol–water partition coefficient (Wildman–Crippen LogP) is 8.02. The van der Waals surface area contributed by atoms with E-state index in [2.05, 4.69) is 20.8 Å². The first-order chi connectivity index (χ1) is 10.2. The SMILES string of the molecule is CCC(C)C(F)(F)F.CCCC(C)C.CCCC(C)C(F)(F)F. The quantitative estimate of drug-likeness (QED) is 0.439. The molecule has 0 bridgehead atoms. The topological polar surface area (TPSA) is 0 Å². The van der Waals surface area contributed by atoms with Crippen molar-refractivity contribution in [1.82, 2.24) is 0 Å². The van der Waals surface area contributed by atoms with E-state index in [-0.39, 0.29) is 12.8 Å². The number of hydrogen-bond acceptors (Lipinski definition) is 0. The molecule has 0 aromatic carbocycles. The van der Waals surface area contributed by atoms with Crippen molar-refractivity contribution in [2.24, 2.45) is 17.8 Å². The van der Waals surface area contributed by atoms with Gasteiger partial charge >= 0.3 is 12.4 Å². The van der Waals surface area contributed by atoms with Crippen molar-refractivity contribution in [2.75, 3.05) is 0 Å². The molecule has 0 aromatic heterocycles. The van der Waals surface area contributed by atoms with Crippen molar-refractivity contribution in [1.29, 1.82) is 0 Å². The first-order valence-corrected chi connectivity index (χ1v) is 8.37. The van der Waals surface area contributed by atoms with E-state index in [0.717, 1.165) is 5.92 Å². The smallest absolute Gasteiger partial charge is 0.171 e. The summed E-state index contributed by atoms with van der Waals surface area (Å²) in [6.45, 7) is 12.4. The van der Waals surface area contributed by atoms with Crippen LogP contribution in [0.4, 0.5) is 26.3 Å². The first-order valence-electron chi connectivity index (χ1n) is 8.37. The summed E-state index contributed by atoms with van der Waals surface area (Å²) < 4.78 is 69.3. The third-order valence-electron chi connectivity index (χ3n) is 3.32. The molecule has 0 fully saturated rings. The molecule has 2 atom stereocenters. The molecule has 0 spiro atoms. The van der Waals surface area contributed by atoms with E-state index in [4.69, 9.17) is 0 Å². The maximum atomic E-state index is 11.6. The molecule has 0 saturated heterocycles. The molecular weight excluding hydrogens is 318 g/mol. The van der Waals surface area contributed by atoms with Gasteiger partial charge in [-0.1, -0.05) is 67.7 Å². The lowest BCUT2D eigenvalue weighted by atomic mass is 10.1. The van der Waals surface area contributed by atoms with Gasteiger partial charge in [0.05, 0.1) is 11.8 Å². The molecule has 0 radical (unpaired) electrons. The highest BCUT2D eigenvalue weighted by Gasteiger charge is 2.34. The van der Waals surface area contributed by atoms with Crippen LogP contribution >= 0.6 is 0 Å². The number of alkyl halides is 6. The highest BCUT2D eigenvalue weighted by molar-refractivity contribution is 4.60. The van der Waals surface area contributed by atoms with Gasteiger partial charge in [-0.15, -0.1) is 0 Å². The lowest BCUT2D eigenvalue weighted by Crippen LogP contribution is -2.19. The Labute approximate surface area is 138 Å². The Morgan fingerprint density at radius 3 is 1.00 bits per heavy atom. The molecule has 0 saturated carbocycles. The van der Waals surface area contributed by atoms with Crippen LogP contribution in [-0.4, -0.2) is 12.4 Å². The largest absolute Gasteiger partial charge is 0.391 e. The Morgan fingerprint density at radius 1 is 0.609 bits per heavy atom. The molecule has 0 aliphatic carbocycles. The van der Waals surface area contributed by atoms with E-state index >= 15 is 0 Å². The zero-order chi connectivity index (χ0) is 19.3. The molecule has 0 rings (SSSR count). The van der Waals surface area contributed by atoms with Crippen LogP contribution in [0.25, 0.3) is 0 Å². The van der Waals surface area contributed by atoms with Crippen LogP contribution in [0.5, 0.6) is 0 Å².